The summed E-state index contributed by atoms with van der Waals surface area (Å²) in [6, 6.07) is 6.17. The number of rotatable bonds is 5. The maximum absolute atomic E-state index is 12.6. The molecule has 2 aromatic rings. The van der Waals surface area contributed by atoms with Gasteiger partial charge in [-0.25, -0.2) is 14.8 Å². The highest BCUT2D eigenvalue weighted by Gasteiger charge is 2.42. The molecule has 11 heteroatoms. The summed E-state index contributed by atoms with van der Waals surface area (Å²) in [7, 11) is 1.79. The molecule has 1 aromatic heterocycles. The summed E-state index contributed by atoms with van der Waals surface area (Å²) in [6.45, 7) is -0.299. The van der Waals surface area contributed by atoms with E-state index in [9.17, 15) is 19.2 Å². The minimum atomic E-state index is -1.03. The number of carbonyl (C=O) groups is 4. The molecule has 3 amide bonds. The van der Waals surface area contributed by atoms with Gasteiger partial charge in [-0.1, -0.05) is 12.1 Å². The Balaban J connectivity index is 1.87. The molecule has 1 aliphatic heterocycles. The van der Waals surface area contributed by atoms with E-state index in [2.05, 4.69) is 9.51 Å². The Morgan fingerprint density at radius 1 is 1.15 bits per heavy atom. The first kappa shape index (κ1) is 17.6. The van der Waals surface area contributed by atoms with Crippen LogP contribution in [0.2, 0.25) is 0 Å². The fourth-order valence-corrected chi connectivity index (χ4v) is 2.48. The van der Waals surface area contributed by atoms with E-state index in [-0.39, 0.29) is 24.1 Å². The van der Waals surface area contributed by atoms with Crippen LogP contribution >= 0.6 is 9.47 Å². The quantitative estimate of drug-likeness (QED) is 0.557. The van der Waals surface area contributed by atoms with Gasteiger partial charge in [-0.05, 0) is 12.1 Å². The van der Waals surface area contributed by atoms with Crippen molar-refractivity contribution < 1.29 is 28.5 Å². The lowest BCUT2D eigenvalue weighted by Crippen LogP contribution is -2.52. The molecule has 1 aromatic carbocycles. The van der Waals surface area contributed by atoms with E-state index < -0.39 is 23.9 Å². The van der Waals surface area contributed by atoms with Crippen LogP contribution in [-0.4, -0.2) is 50.2 Å². The minimum Gasteiger partial charge on any atom is -0.451 e. The van der Waals surface area contributed by atoms with E-state index in [0.717, 1.165) is 9.74 Å². The van der Waals surface area contributed by atoms with Gasteiger partial charge in [-0.3, -0.25) is 14.4 Å². The number of imidazole rings is 1. The average Bonchev–Trinajstić information content (AvgIpc) is 3.24. The van der Waals surface area contributed by atoms with Crippen molar-refractivity contribution in [3.05, 3.63) is 54.1 Å². The standard InChI is InChI=1S/C15H13N4O6P/c20-12(25-26)5-7-18(15(23)24-17-8-6-16-9-17)19-13(21)10-3-1-2-4-11(10)14(19)22/h1-4,6,8-9H,5,7,26H2. The molecule has 0 fully saturated rings. The molecule has 1 aliphatic rings. The first-order valence-corrected chi connectivity index (χ1v) is 7.85. The summed E-state index contributed by atoms with van der Waals surface area (Å²) in [6.07, 6.45) is 2.67. The molecule has 26 heavy (non-hydrogen) atoms. The Labute approximate surface area is 149 Å². The topological polar surface area (TPSA) is 111 Å². The van der Waals surface area contributed by atoms with Gasteiger partial charge < -0.3 is 9.36 Å². The van der Waals surface area contributed by atoms with E-state index >= 15 is 0 Å². The molecule has 0 N–H and O–H groups in total. The Kier molecular flexibility index (Phi) is 4.94. The molecule has 134 valence electrons. The third-order valence-electron chi connectivity index (χ3n) is 3.55. The third-order valence-corrected chi connectivity index (χ3v) is 3.81. The van der Waals surface area contributed by atoms with Crippen molar-refractivity contribution in [1.29, 1.82) is 0 Å². The van der Waals surface area contributed by atoms with Crippen LogP contribution in [0.25, 0.3) is 0 Å². The van der Waals surface area contributed by atoms with Crippen molar-refractivity contribution in [2.24, 2.45) is 0 Å². The number of nitrogens with zero attached hydrogens (tertiary/aromatic N) is 4. The Bertz CT molecular complexity index is 834. The van der Waals surface area contributed by atoms with Crippen molar-refractivity contribution in [3.63, 3.8) is 0 Å². The van der Waals surface area contributed by atoms with Gasteiger partial charge in [0.05, 0.1) is 39.8 Å². The molecular weight excluding hydrogens is 363 g/mol. The Hall–Kier alpha value is -3.26. The maximum Gasteiger partial charge on any atom is 0.454 e. The Morgan fingerprint density at radius 2 is 1.81 bits per heavy atom. The lowest BCUT2D eigenvalue weighted by atomic mass is 10.1. The molecule has 0 saturated carbocycles. The van der Waals surface area contributed by atoms with Gasteiger partial charge in [0.15, 0.2) is 0 Å². The monoisotopic (exact) mass is 376 g/mol. The molecule has 2 heterocycles. The van der Waals surface area contributed by atoms with Crippen LogP contribution in [-0.2, 0) is 9.32 Å². The Morgan fingerprint density at radius 3 is 2.35 bits per heavy atom. The molecule has 10 nitrogen and oxygen atoms in total. The minimum absolute atomic E-state index is 0.159. The number of hydrogen-bond acceptors (Lipinski definition) is 7. The van der Waals surface area contributed by atoms with Gasteiger partial charge in [0.25, 0.3) is 11.8 Å². The zero-order chi connectivity index (χ0) is 18.7. The number of aromatic nitrogens is 2. The average molecular weight is 376 g/mol. The van der Waals surface area contributed by atoms with Crippen LogP contribution in [0, 0.1) is 0 Å². The summed E-state index contributed by atoms with van der Waals surface area (Å²) in [5.41, 5.74) is 0.318. The number of benzene rings is 1. The first-order chi connectivity index (χ1) is 12.5. The zero-order valence-corrected chi connectivity index (χ0v) is 14.4. The van der Waals surface area contributed by atoms with Crippen molar-refractivity contribution in [2.45, 2.75) is 6.42 Å². The van der Waals surface area contributed by atoms with Crippen LogP contribution in [0.3, 0.4) is 0 Å². The van der Waals surface area contributed by atoms with E-state index in [1.54, 1.807) is 21.6 Å². The van der Waals surface area contributed by atoms with E-state index in [1.807, 2.05) is 0 Å². The van der Waals surface area contributed by atoms with Crippen LogP contribution < -0.4 is 4.84 Å². The molecular formula is C15H13N4O6P. The molecule has 0 radical (unpaired) electrons. The van der Waals surface area contributed by atoms with Crippen molar-refractivity contribution in [3.8, 4) is 0 Å². The third kappa shape index (κ3) is 3.27. The van der Waals surface area contributed by atoms with Gasteiger partial charge in [0.1, 0.15) is 6.33 Å². The summed E-state index contributed by atoms with van der Waals surface area (Å²) in [4.78, 5) is 57.8. The summed E-state index contributed by atoms with van der Waals surface area (Å²) in [5.74, 6) is -2.02. The van der Waals surface area contributed by atoms with E-state index in [1.165, 1.54) is 30.9 Å². The van der Waals surface area contributed by atoms with Gasteiger partial charge >= 0.3 is 12.1 Å². The first-order valence-electron chi connectivity index (χ1n) is 7.38. The smallest absolute Gasteiger partial charge is 0.451 e. The number of hydrazine groups is 1. The number of fused-ring (bicyclic) bond motifs is 1. The molecule has 0 saturated heterocycles. The van der Waals surface area contributed by atoms with Crippen LogP contribution in [0.4, 0.5) is 4.79 Å². The number of carbonyl (C=O) groups excluding carboxylic acids is 4. The zero-order valence-electron chi connectivity index (χ0n) is 13.3. The largest absolute Gasteiger partial charge is 0.454 e. The van der Waals surface area contributed by atoms with Crippen LogP contribution in [0.5, 0.6) is 0 Å². The second-order valence-electron chi connectivity index (χ2n) is 5.11. The second-order valence-corrected chi connectivity index (χ2v) is 5.35. The van der Waals surface area contributed by atoms with E-state index in [4.69, 9.17) is 4.84 Å². The van der Waals surface area contributed by atoms with Gasteiger partial charge in [-0.2, -0.15) is 9.74 Å². The summed E-state index contributed by atoms with van der Waals surface area (Å²) in [5, 5.41) is 1.41. The van der Waals surface area contributed by atoms with Crippen molar-refractivity contribution in [1.82, 2.24) is 19.7 Å². The predicted molar refractivity (Wildman–Crippen MR) is 88.3 cm³/mol. The number of imide groups is 1. The molecule has 3 rings (SSSR count). The fourth-order valence-electron chi connectivity index (χ4n) is 2.36. The van der Waals surface area contributed by atoms with Crippen LogP contribution in [0.15, 0.2) is 43.0 Å². The van der Waals surface area contributed by atoms with Gasteiger partial charge in [-0.15, -0.1) is 0 Å². The lowest BCUT2D eigenvalue weighted by molar-refractivity contribution is -0.134. The summed E-state index contributed by atoms with van der Waals surface area (Å²) >= 11 is 0. The maximum atomic E-state index is 12.6. The van der Waals surface area contributed by atoms with Crippen LogP contribution in [0.1, 0.15) is 27.1 Å². The molecule has 1 atom stereocenters. The highest BCUT2D eigenvalue weighted by molar-refractivity contribution is 7.10. The number of amides is 3. The van der Waals surface area contributed by atoms with Crippen molar-refractivity contribution >= 4 is 33.3 Å². The SMILES string of the molecule is O=C(CCN(C(=O)On1ccnc1)N1C(=O)c2ccccc2C1=O)OP. The number of hydrogen-bond donors (Lipinski definition) is 0. The summed E-state index contributed by atoms with van der Waals surface area (Å²) < 4.78 is 5.46. The van der Waals surface area contributed by atoms with Gasteiger partial charge in [0, 0.05) is 6.20 Å². The molecule has 0 aliphatic carbocycles. The molecule has 0 spiro atoms. The second kappa shape index (κ2) is 7.32. The molecule has 0 bridgehead atoms. The highest BCUT2D eigenvalue weighted by atomic mass is 31.0. The highest BCUT2D eigenvalue weighted by Crippen LogP contribution is 2.24. The predicted octanol–water partition coefficient (Wildman–Crippen LogP) is 0.668. The molecule has 1 unspecified atom stereocenters. The van der Waals surface area contributed by atoms with E-state index in [0.29, 0.717) is 5.01 Å². The lowest BCUT2D eigenvalue weighted by Gasteiger charge is -2.28. The van der Waals surface area contributed by atoms with Gasteiger partial charge in [0.2, 0.25) is 0 Å². The fraction of sp³-hybridized carbons (Fsp3) is 0.133. The normalized spacial score (nSPS) is 12.7. The van der Waals surface area contributed by atoms with Crippen molar-refractivity contribution in [2.75, 3.05) is 6.54 Å².